The molecule has 1 rings (SSSR count). The van der Waals surface area contributed by atoms with Crippen molar-refractivity contribution in [3.05, 3.63) is 11.8 Å². The summed E-state index contributed by atoms with van der Waals surface area (Å²) in [5.41, 5.74) is 3.20. The Morgan fingerprint density at radius 2 is 2.19 bits per heavy atom. The molecule has 0 saturated carbocycles. The Kier molecular flexibility index (Phi) is 4.46. The molecule has 0 radical (unpaired) electrons. The van der Waals surface area contributed by atoms with Gasteiger partial charge in [-0.05, 0) is 6.92 Å². The van der Waals surface area contributed by atoms with E-state index >= 15 is 0 Å². The molecule has 0 saturated heterocycles. The Bertz CT molecular complexity index is 367. The Balaban J connectivity index is 2.47. The molecule has 0 spiro atoms. The van der Waals surface area contributed by atoms with Gasteiger partial charge in [0.25, 0.3) is 0 Å². The van der Waals surface area contributed by atoms with E-state index in [2.05, 4.69) is 26.0 Å². The maximum atomic E-state index is 10.6. The van der Waals surface area contributed by atoms with Crippen LogP contribution in [-0.4, -0.2) is 29.0 Å². The van der Waals surface area contributed by atoms with Crippen molar-refractivity contribution in [1.82, 2.24) is 15.3 Å². The van der Waals surface area contributed by atoms with Gasteiger partial charge in [0, 0.05) is 31.8 Å². The molecule has 1 amide bonds. The van der Waals surface area contributed by atoms with E-state index in [0.717, 1.165) is 5.69 Å². The number of hydrogen-bond acceptors (Lipinski definition) is 6. The first-order valence-electron chi connectivity index (χ1n) is 4.92. The van der Waals surface area contributed by atoms with Crippen LogP contribution in [0.2, 0.25) is 0 Å². The molecule has 0 aliphatic heterocycles. The summed E-state index contributed by atoms with van der Waals surface area (Å²) in [5.74, 6) is 6.21. The lowest BCUT2D eigenvalue weighted by atomic mass is 10.4. The highest BCUT2D eigenvalue weighted by Gasteiger charge is 2.00. The van der Waals surface area contributed by atoms with Gasteiger partial charge in [-0.15, -0.1) is 0 Å². The summed E-state index contributed by atoms with van der Waals surface area (Å²) >= 11 is 0. The molecule has 0 aliphatic carbocycles. The molecule has 0 aliphatic rings. The Labute approximate surface area is 93.8 Å². The van der Waals surface area contributed by atoms with E-state index in [1.807, 2.05) is 6.92 Å². The number of nitrogens with two attached hydrogens (primary N) is 1. The fraction of sp³-hybridized carbons (Fsp3) is 0.444. The van der Waals surface area contributed by atoms with E-state index in [4.69, 9.17) is 5.84 Å². The number of aromatic nitrogens is 2. The highest BCUT2D eigenvalue weighted by atomic mass is 16.1. The fourth-order valence-electron chi connectivity index (χ4n) is 1.15. The minimum atomic E-state index is -0.0509. The van der Waals surface area contributed by atoms with Crippen molar-refractivity contribution in [3.63, 3.8) is 0 Å². The van der Waals surface area contributed by atoms with E-state index in [1.54, 1.807) is 6.07 Å². The smallest absolute Gasteiger partial charge is 0.239 e. The average molecular weight is 224 g/mol. The molecule has 0 atom stereocenters. The summed E-state index contributed by atoms with van der Waals surface area (Å²) in [4.78, 5) is 18.8. The minimum absolute atomic E-state index is 0.0509. The van der Waals surface area contributed by atoms with Gasteiger partial charge in [-0.25, -0.2) is 10.8 Å². The SMILES string of the molecule is CC(=O)NCCNc1cc(C)nc(NN)n1. The minimum Gasteiger partial charge on any atom is -0.368 e. The zero-order valence-corrected chi connectivity index (χ0v) is 9.37. The Morgan fingerprint density at radius 3 is 2.81 bits per heavy atom. The zero-order chi connectivity index (χ0) is 12.0. The summed E-state index contributed by atoms with van der Waals surface area (Å²) in [7, 11) is 0. The molecule has 88 valence electrons. The number of hydrogen-bond donors (Lipinski definition) is 4. The summed E-state index contributed by atoms with van der Waals surface area (Å²) in [5, 5.41) is 5.73. The van der Waals surface area contributed by atoms with E-state index in [9.17, 15) is 4.79 Å². The van der Waals surface area contributed by atoms with Gasteiger partial charge in [0.1, 0.15) is 5.82 Å². The van der Waals surface area contributed by atoms with Crippen molar-refractivity contribution in [2.75, 3.05) is 23.8 Å². The zero-order valence-electron chi connectivity index (χ0n) is 9.37. The number of hydrazine groups is 1. The molecular weight excluding hydrogens is 208 g/mol. The lowest BCUT2D eigenvalue weighted by molar-refractivity contribution is -0.118. The van der Waals surface area contributed by atoms with Gasteiger partial charge in [-0.3, -0.25) is 10.2 Å². The number of carbonyl (C=O) groups excluding carboxylic acids is 1. The van der Waals surface area contributed by atoms with E-state index in [0.29, 0.717) is 24.9 Å². The van der Waals surface area contributed by atoms with Crippen LogP contribution in [0.15, 0.2) is 6.07 Å². The van der Waals surface area contributed by atoms with Crippen LogP contribution in [0.5, 0.6) is 0 Å². The van der Waals surface area contributed by atoms with Crippen LogP contribution in [0.25, 0.3) is 0 Å². The van der Waals surface area contributed by atoms with Gasteiger partial charge in [-0.1, -0.05) is 0 Å². The first-order chi connectivity index (χ1) is 7.61. The van der Waals surface area contributed by atoms with Crippen LogP contribution >= 0.6 is 0 Å². The number of nitrogens with zero attached hydrogens (tertiary/aromatic N) is 2. The predicted molar refractivity (Wildman–Crippen MR) is 61.8 cm³/mol. The fourth-order valence-corrected chi connectivity index (χ4v) is 1.15. The Morgan fingerprint density at radius 1 is 1.44 bits per heavy atom. The van der Waals surface area contributed by atoms with Gasteiger partial charge in [0.15, 0.2) is 0 Å². The maximum Gasteiger partial charge on any atom is 0.239 e. The molecule has 5 N–H and O–H groups in total. The van der Waals surface area contributed by atoms with Crippen LogP contribution in [0, 0.1) is 6.92 Å². The number of nitrogens with one attached hydrogen (secondary N) is 3. The number of rotatable bonds is 5. The van der Waals surface area contributed by atoms with Crippen LogP contribution < -0.4 is 21.9 Å². The normalized spacial score (nSPS) is 9.69. The molecule has 0 bridgehead atoms. The standard InChI is InChI=1S/C9H16N6O/c1-6-5-8(14-9(13-6)15-10)12-4-3-11-7(2)16/h5H,3-4,10H2,1-2H3,(H,11,16)(H2,12,13,14,15). The molecule has 16 heavy (non-hydrogen) atoms. The van der Waals surface area contributed by atoms with E-state index in [-0.39, 0.29) is 5.91 Å². The van der Waals surface area contributed by atoms with E-state index in [1.165, 1.54) is 6.92 Å². The molecule has 1 aromatic heterocycles. The highest BCUT2D eigenvalue weighted by molar-refractivity contribution is 5.72. The van der Waals surface area contributed by atoms with Crippen molar-refractivity contribution in [2.24, 2.45) is 5.84 Å². The summed E-state index contributed by atoms with van der Waals surface area (Å²) in [6.45, 7) is 4.47. The van der Waals surface area contributed by atoms with Crippen molar-refractivity contribution in [1.29, 1.82) is 0 Å². The van der Waals surface area contributed by atoms with Gasteiger partial charge in [0.2, 0.25) is 11.9 Å². The predicted octanol–water partition coefficient (Wildman–Crippen LogP) is -0.381. The molecule has 1 heterocycles. The third-order valence-electron chi connectivity index (χ3n) is 1.79. The number of anilines is 2. The van der Waals surface area contributed by atoms with Gasteiger partial charge >= 0.3 is 0 Å². The van der Waals surface area contributed by atoms with Crippen LogP contribution in [-0.2, 0) is 4.79 Å². The topological polar surface area (TPSA) is 105 Å². The molecule has 1 aromatic rings. The number of carbonyl (C=O) groups is 1. The van der Waals surface area contributed by atoms with Gasteiger partial charge in [0.05, 0.1) is 0 Å². The second kappa shape index (κ2) is 5.86. The molecular formula is C9H16N6O. The molecule has 7 nitrogen and oxygen atoms in total. The maximum absolute atomic E-state index is 10.6. The van der Waals surface area contributed by atoms with Crippen LogP contribution in [0.1, 0.15) is 12.6 Å². The summed E-state index contributed by atoms with van der Waals surface area (Å²) in [6.07, 6.45) is 0. The van der Waals surface area contributed by atoms with Crippen molar-refractivity contribution in [3.8, 4) is 0 Å². The monoisotopic (exact) mass is 224 g/mol. The number of amides is 1. The second-order valence-electron chi connectivity index (χ2n) is 3.27. The van der Waals surface area contributed by atoms with Crippen LogP contribution in [0.4, 0.5) is 11.8 Å². The first kappa shape index (κ1) is 12.2. The lowest BCUT2D eigenvalue weighted by Gasteiger charge is -2.08. The quantitative estimate of drug-likeness (QED) is 0.309. The molecule has 0 aromatic carbocycles. The summed E-state index contributed by atoms with van der Waals surface area (Å²) in [6, 6.07) is 1.80. The highest BCUT2D eigenvalue weighted by Crippen LogP contribution is 2.07. The lowest BCUT2D eigenvalue weighted by Crippen LogP contribution is -2.26. The summed E-state index contributed by atoms with van der Waals surface area (Å²) < 4.78 is 0. The third-order valence-corrected chi connectivity index (χ3v) is 1.79. The van der Waals surface area contributed by atoms with Crippen molar-refractivity contribution < 1.29 is 4.79 Å². The number of aryl methyl sites for hydroxylation is 1. The number of nitrogen functional groups attached to an aromatic ring is 1. The third kappa shape index (κ3) is 4.09. The molecule has 0 unspecified atom stereocenters. The second-order valence-corrected chi connectivity index (χ2v) is 3.27. The first-order valence-corrected chi connectivity index (χ1v) is 4.92. The van der Waals surface area contributed by atoms with E-state index < -0.39 is 0 Å². The van der Waals surface area contributed by atoms with Gasteiger partial charge in [-0.2, -0.15) is 4.98 Å². The molecule has 0 fully saturated rings. The van der Waals surface area contributed by atoms with Crippen molar-refractivity contribution >= 4 is 17.7 Å². The molecule has 7 heteroatoms. The largest absolute Gasteiger partial charge is 0.368 e. The average Bonchev–Trinajstić information content (AvgIpc) is 2.23. The van der Waals surface area contributed by atoms with Gasteiger partial charge < -0.3 is 10.6 Å². The Hall–Kier alpha value is -1.89. The van der Waals surface area contributed by atoms with Crippen LogP contribution in [0.3, 0.4) is 0 Å². The van der Waals surface area contributed by atoms with Crippen molar-refractivity contribution in [2.45, 2.75) is 13.8 Å².